The van der Waals surface area contributed by atoms with Crippen LogP contribution in [0.25, 0.3) is 0 Å². The lowest BCUT2D eigenvalue weighted by atomic mass is 10.1. The number of anilines is 1. The van der Waals surface area contributed by atoms with Gasteiger partial charge in [0.25, 0.3) is 0 Å². The average molecular weight is 275 g/mol. The van der Waals surface area contributed by atoms with Crippen molar-refractivity contribution in [3.05, 3.63) is 29.8 Å². The molecule has 0 heterocycles. The minimum atomic E-state index is -4.36. The Balaban J connectivity index is 2.95. The Morgan fingerprint density at radius 2 is 1.79 bits per heavy atom. The maximum atomic E-state index is 12.5. The van der Waals surface area contributed by atoms with Crippen molar-refractivity contribution in [2.75, 3.05) is 18.6 Å². The third-order valence-electron chi connectivity index (χ3n) is 2.68. The van der Waals surface area contributed by atoms with Crippen LogP contribution >= 0.6 is 0 Å². The zero-order valence-corrected chi connectivity index (χ0v) is 11.0. The molecule has 19 heavy (non-hydrogen) atoms. The minimum Gasteiger partial charge on any atom is -0.468 e. The van der Waals surface area contributed by atoms with E-state index in [1.54, 1.807) is 4.90 Å². The molecule has 0 atom stereocenters. The van der Waals surface area contributed by atoms with Gasteiger partial charge in [0, 0.05) is 11.7 Å². The molecule has 0 spiro atoms. The van der Waals surface area contributed by atoms with Crippen molar-refractivity contribution in [2.45, 2.75) is 26.1 Å². The Kier molecular flexibility index (Phi) is 4.80. The number of carbonyl (C=O) groups is 1. The maximum absolute atomic E-state index is 12.5. The second-order valence-electron chi connectivity index (χ2n) is 4.34. The SMILES string of the molecule is COC(=O)CN(c1ccc(C(F)(F)F)cc1)C(C)C. The van der Waals surface area contributed by atoms with Crippen LogP contribution in [0.15, 0.2) is 24.3 Å². The first-order chi connectivity index (χ1) is 8.75. The third kappa shape index (κ3) is 4.15. The Hall–Kier alpha value is -1.72. The minimum absolute atomic E-state index is 0.000465. The molecule has 0 saturated heterocycles. The van der Waals surface area contributed by atoms with Crippen LogP contribution in [0.1, 0.15) is 19.4 Å². The molecule has 0 saturated carbocycles. The highest BCUT2D eigenvalue weighted by Crippen LogP contribution is 2.30. The monoisotopic (exact) mass is 275 g/mol. The number of halogens is 3. The highest BCUT2D eigenvalue weighted by atomic mass is 19.4. The summed E-state index contributed by atoms with van der Waals surface area (Å²) in [6.07, 6.45) is -4.36. The molecule has 0 bridgehead atoms. The molecular weight excluding hydrogens is 259 g/mol. The van der Waals surface area contributed by atoms with Crippen molar-refractivity contribution in [3.8, 4) is 0 Å². The van der Waals surface area contributed by atoms with Crippen LogP contribution in [0.3, 0.4) is 0 Å². The topological polar surface area (TPSA) is 29.5 Å². The average Bonchev–Trinajstić information content (AvgIpc) is 2.34. The van der Waals surface area contributed by atoms with E-state index in [4.69, 9.17) is 0 Å². The Labute approximate surface area is 110 Å². The van der Waals surface area contributed by atoms with Crippen LogP contribution in [0.4, 0.5) is 18.9 Å². The van der Waals surface area contributed by atoms with E-state index in [1.165, 1.54) is 19.2 Å². The number of methoxy groups -OCH3 is 1. The molecule has 0 N–H and O–H groups in total. The first-order valence-electron chi connectivity index (χ1n) is 5.76. The maximum Gasteiger partial charge on any atom is 0.416 e. The summed E-state index contributed by atoms with van der Waals surface area (Å²) < 4.78 is 41.9. The first kappa shape index (κ1) is 15.3. The van der Waals surface area contributed by atoms with Gasteiger partial charge < -0.3 is 9.64 Å². The van der Waals surface area contributed by atoms with E-state index in [0.29, 0.717) is 5.69 Å². The van der Waals surface area contributed by atoms with E-state index in [-0.39, 0.29) is 12.6 Å². The van der Waals surface area contributed by atoms with Crippen molar-refractivity contribution in [3.63, 3.8) is 0 Å². The lowest BCUT2D eigenvalue weighted by molar-refractivity contribution is -0.139. The predicted molar refractivity (Wildman–Crippen MR) is 65.9 cm³/mol. The zero-order valence-electron chi connectivity index (χ0n) is 11.0. The summed E-state index contributed by atoms with van der Waals surface area (Å²) in [5.74, 6) is -0.436. The van der Waals surface area contributed by atoms with Crippen molar-refractivity contribution in [1.82, 2.24) is 0 Å². The third-order valence-corrected chi connectivity index (χ3v) is 2.68. The van der Waals surface area contributed by atoms with E-state index in [9.17, 15) is 18.0 Å². The summed E-state index contributed by atoms with van der Waals surface area (Å²) in [6.45, 7) is 3.70. The second kappa shape index (κ2) is 5.95. The van der Waals surface area contributed by atoms with Gasteiger partial charge in [0.05, 0.1) is 12.7 Å². The van der Waals surface area contributed by atoms with Gasteiger partial charge >= 0.3 is 12.1 Å². The van der Waals surface area contributed by atoms with Crippen LogP contribution in [-0.2, 0) is 15.7 Å². The Morgan fingerprint density at radius 3 is 2.16 bits per heavy atom. The Morgan fingerprint density at radius 1 is 1.26 bits per heavy atom. The summed E-state index contributed by atoms with van der Waals surface area (Å²) in [7, 11) is 1.27. The van der Waals surface area contributed by atoms with Crippen LogP contribution in [0, 0.1) is 0 Å². The molecule has 0 aliphatic rings. The van der Waals surface area contributed by atoms with Crippen molar-refractivity contribution >= 4 is 11.7 Å². The molecule has 3 nitrogen and oxygen atoms in total. The summed E-state index contributed by atoms with van der Waals surface area (Å²) in [4.78, 5) is 13.0. The number of esters is 1. The molecule has 1 aromatic rings. The van der Waals surface area contributed by atoms with Crippen molar-refractivity contribution < 1.29 is 22.7 Å². The second-order valence-corrected chi connectivity index (χ2v) is 4.34. The molecule has 6 heteroatoms. The molecule has 0 aliphatic heterocycles. The van der Waals surface area contributed by atoms with Crippen LogP contribution in [-0.4, -0.2) is 25.7 Å². The number of benzene rings is 1. The largest absolute Gasteiger partial charge is 0.468 e. The normalized spacial score (nSPS) is 11.5. The number of ether oxygens (including phenoxy) is 1. The summed E-state index contributed by atoms with van der Waals surface area (Å²) in [5, 5.41) is 0. The fraction of sp³-hybridized carbons (Fsp3) is 0.462. The van der Waals surface area contributed by atoms with Crippen LogP contribution < -0.4 is 4.90 Å². The molecule has 0 fully saturated rings. The van der Waals surface area contributed by atoms with Crippen LogP contribution in [0.5, 0.6) is 0 Å². The number of hydrogen-bond acceptors (Lipinski definition) is 3. The van der Waals surface area contributed by atoms with Gasteiger partial charge in [0.1, 0.15) is 6.54 Å². The fourth-order valence-electron chi connectivity index (χ4n) is 1.62. The van der Waals surface area contributed by atoms with Crippen molar-refractivity contribution in [2.24, 2.45) is 0 Å². The van der Waals surface area contributed by atoms with Gasteiger partial charge in [-0.25, -0.2) is 0 Å². The molecule has 0 unspecified atom stereocenters. The van der Waals surface area contributed by atoms with Gasteiger partial charge in [-0.3, -0.25) is 4.79 Å². The molecule has 0 amide bonds. The molecule has 0 aliphatic carbocycles. The van der Waals surface area contributed by atoms with E-state index < -0.39 is 17.7 Å². The predicted octanol–water partition coefficient (Wildman–Crippen LogP) is 3.09. The summed E-state index contributed by atoms with van der Waals surface area (Å²) >= 11 is 0. The molecule has 0 aromatic heterocycles. The highest BCUT2D eigenvalue weighted by Gasteiger charge is 2.30. The fourth-order valence-corrected chi connectivity index (χ4v) is 1.62. The number of hydrogen-bond donors (Lipinski definition) is 0. The van der Waals surface area contributed by atoms with Gasteiger partial charge in [0.2, 0.25) is 0 Å². The van der Waals surface area contributed by atoms with Gasteiger partial charge in [-0.1, -0.05) is 0 Å². The zero-order chi connectivity index (χ0) is 14.6. The van der Waals surface area contributed by atoms with Crippen molar-refractivity contribution in [1.29, 1.82) is 0 Å². The highest BCUT2D eigenvalue weighted by molar-refractivity contribution is 5.75. The van der Waals surface area contributed by atoms with Gasteiger partial charge in [0.15, 0.2) is 0 Å². The molecular formula is C13H16F3NO2. The number of carbonyl (C=O) groups excluding carboxylic acids is 1. The van der Waals surface area contributed by atoms with Crippen LogP contribution in [0.2, 0.25) is 0 Å². The van der Waals surface area contributed by atoms with E-state index in [0.717, 1.165) is 12.1 Å². The lowest BCUT2D eigenvalue weighted by Gasteiger charge is -2.28. The van der Waals surface area contributed by atoms with E-state index in [1.807, 2.05) is 13.8 Å². The number of nitrogens with zero attached hydrogens (tertiary/aromatic N) is 1. The number of rotatable bonds is 4. The first-order valence-corrected chi connectivity index (χ1v) is 5.76. The Bertz CT molecular complexity index is 427. The molecule has 1 rings (SSSR count). The summed E-state index contributed by atoms with van der Waals surface area (Å²) in [6, 6.07) is 4.68. The molecule has 106 valence electrons. The number of alkyl halides is 3. The van der Waals surface area contributed by atoms with Gasteiger partial charge in [-0.15, -0.1) is 0 Å². The molecule has 1 aromatic carbocycles. The van der Waals surface area contributed by atoms with E-state index >= 15 is 0 Å². The standard InChI is InChI=1S/C13H16F3NO2/c1-9(2)17(8-12(18)19-3)11-6-4-10(5-7-11)13(14,15)16/h4-7,9H,8H2,1-3H3. The van der Waals surface area contributed by atoms with Gasteiger partial charge in [-0.05, 0) is 38.1 Å². The van der Waals surface area contributed by atoms with E-state index in [2.05, 4.69) is 4.74 Å². The lowest BCUT2D eigenvalue weighted by Crippen LogP contribution is -2.36. The quantitative estimate of drug-likeness (QED) is 0.791. The summed E-state index contributed by atoms with van der Waals surface area (Å²) in [5.41, 5.74) is -0.161. The van der Waals surface area contributed by atoms with Gasteiger partial charge in [-0.2, -0.15) is 13.2 Å². The molecule has 0 radical (unpaired) electrons. The smallest absolute Gasteiger partial charge is 0.416 e.